The second-order valence-electron chi connectivity index (χ2n) is 7.04. The van der Waals surface area contributed by atoms with Crippen molar-refractivity contribution in [2.45, 2.75) is 32.5 Å². The fraction of sp³-hybridized carbons (Fsp3) is 0.300. The van der Waals surface area contributed by atoms with Crippen molar-refractivity contribution in [1.82, 2.24) is 5.01 Å². The molecule has 11 heteroatoms. The lowest BCUT2D eigenvalue weighted by atomic mass is 9.94. The van der Waals surface area contributed by atoms with Gasteiger partial charge in [0.15, 0.2) is 0 Å². The van der Waals surface area contributed by atoms with E-state index < -0.39 is 28.4 Å². The number of aliphatic imine (C=N–C) groups is 2. The maximum atomic E-state index is 13.4. The fourth-order valence-electron chi connectivity index (χ4n) is 3.42. The molecule has 1 aliphatic heterocycles. The molecule has 0 radical (unpaired) electrons. The summed E-state index contributed by atoms with van der Waals surface area (Å²) in [5.41, 5.74) is -0.384. The smallest absolute Gasteiger partial charge is 0.300 e. The van der Waals surface area contributed by atoms with Crippen LogP contribution in [0.2, 0.25) is 5.02 Å². The molecular weight excluding hydrogens is 435 g/mol. The number of likely N-dealkylation sites (N-methyl/N-ethyl adjacent to an activating group) is 1. The second kappa shape index (κ2) is 8.27. The summed E-state index contributed by atoms with van der Waals surface area (Å²) in [6.07, 6.45) is -4.17. The van der Waals surface area contributed by atoms with Gasteiger partial charge in [0.25, 0.3) is 5.69 Å². The van der Waals surface area contributed by atoms with Gasteiger partial charge < -0.3 is 0 Å². The van der Waals surface area contributed by atoms with Gasteiger partial charge in [-0.05, 0) is 43.2 Å². The molecule has 1 unspecified atom stereocenters. The first-order chi connectivity index (χ1) is 14.4. The minimum Gasteiger partial charge on any atom is -0.300 e. The van der Waals surface area contributed by atoms with Crippen LogP contribution in [-0.4, -0.2) is 34.6 Å². The predicted octanol–water partition coefficient (Wildman–Crippen LogP) is 4.90. The number of halogens is 4. The van der Waals surface area contributed by atoms with Crippen molar-refractivity contribution in [2.24, 2.45) is 15.8 Å². The molecule has 2 aromatic rings. The molecule has 0 spiro atoms. The standard InChI is InChI=1S/C20H19ClF3N5O2/c1-4-11-7-13(21)9-15-17(11)27-19(28(3)25)10(2)26-18(15)14-8-12(20(22,23)24)5-6-16(14)29(30)31/h5-10H,4,25H2,1-3H3. The molecule has 31 heavy (non-hydrogen) atoms. The summed E-state index contributed by atoms with van der Waals surface area (Å²) in [4.78, 5) is 20.0. The van der Waals surface area contributed by atoms with Crippen LogP contribution in [0, 0.1) is 10.1 Å². The third-order valence-electron chi connectivity index (χ3n) is 4.85. The number of aryl methyl sites for hydroxylation is 1. The van der Waals surface area contributed by atoms with Gasteiger partial charge >= 0.3 is 6.18 Å². The first kappa shape index (κ1) is 22.7. The Hall–Kier alpha value is -2.98. The normalized spacial score (nSPS) is 16.2. The minimum absolute atomic E-state index is 0.00176. The van der Waals surface area contributed by atoms with E-state index in [1.54, 1.807) is 20.0 Å². The van der Waals surface area contributed by atoms with E-state index in [-0.39, 0.29) is 11.3 Å². The molecule has 1 aliphatic rings. The van der Waals surface area contributed by atoms with Crippen molar-refractivity contribution < 1.29 is 18.1 Å². The number of fused-ring (bicyclic) bond motifs is 1. The Morgan fingerprint density at radius 3 is 2.48 bits per heavy atom. The topological polar surface area (TPSA) is 97.1 Å². The van der Waals surface area contributed by atoms with Crippen molar-refractivity contribution in [1.29, 1.82) is 0 Å². The summed E-state index contributed by atoms with van der Waals surface area (Å²) in [6.45, 7) is 3.52. The van der Waals surface area contributed by atoms with Gasteiger partial charge in [0.1, 0.15) is 11.9 Å². The van der Waals surface area contributed by atoms with Gasteiger partial charge in [-0.3, -0.25) is 20.1 Å². The van der Waals surface area contributed by atoms with Crippen LogP contribution in [0.25, 0.3) is 0 Å². The van der Waals surface area contributed by atoms with Gasteiger partial charge in [0.05, 0.1) is 27.4 Å². The summed E-state index contributed by atoms with van der Waals surface area (Å²) in [5.74, 6) is 6.25. The Kier molecular flexibility index (Phi) is 6.06. The zero-order valence-electron chi connectivity index (χ0n) is 16.9. The van der Waals surface area contributed by atoms with Gasteiger partial charge in [-0.15, -0.1) is 0 Å². The van der Waals surface area contributed by atoms with Crippen molar-refractivity contribution in [2.75, 3.05) is 7.05 Å². The monoisotopic (exact) mass is 453 g/mol. The molecule has 0 aromatic heterocycles. The Morgan fingerprint density at radius 1 is 1.26 bits per heavy atom. The Balaban J connectivity index is 2.42. The molecule has 0 bridgehead atoms. The molecule has 2 N–H and O–H groups in total. The van der Waals surface area contributed by atoms with E-state index in [1.807, 2.05) is 6.92 Å². The number of nitro benzene ring substituents is 1. The number of nitrogens with two attached hydrogens (primary N) is 1. The molecule has 0 saturated carbocycles. The number of nitrogens with zero attached hydrogens (tertiary/aromatic N) is 4. The molecule has 0 saturated heterocycles. The highest BCUT2D eigenvalue weighted by molar-refractivity contribution is 6.32. The van der Waals surface area contributed by atoms with Crippen LogP contribution in [-0.2, 0) is 12.6 Å². The molecule has 0 amide bonds. The molecule has 0 aliphatic carbocycles. The van der Waals surface area contributed by atoms with Crippen LogP contribution in [0.1, 0.15) is 36.1 Å². The number of nitro groups is 1. The lowest BCUT2D eigenvalue weighted by molar-refractivity contribution is -0.385. The van der Waals surface area contributed by atoms with Crippen molar-refractivity contribution in [3.05, 3.63) is 67.7 Å². The summed E-state index contributed by atoms with van der Waals surface area (Å²) in [6, 6.07) is 4.74. The molecule has 1 atom stereocenters. The van der Waals surface area contributed by atoms with Crippen LogP contribution < -0.4 is 5.84 Å². The minimum atomic E-state index is -4.69. The third kappa shape index (κ3) is 4.40. The van der Waals surface area contributed by atoms with Crippen LogP contribution in [0.3, 0.4) is 0 Å². The van der Waals surface area contributed by atoms with Gasteiger partial charge in [-0.2, -0.15) is 13.2 Å². The van der Waals surface area contributed by atoms with E-state index in [4.69, 9.17) is 17.4 Å². The Morgan fingerprint density at radius 2 is 1.94 bits per heavy atom. The molecule has 1 heterocycles. The number of hydrogen-bond donors (Lipinski definition) is 1. The van der Waals surface area contributed by atoms with Gasteiger partial charge in [0.2, 0.25) is 0 Å². The first-order valence-corrected chi connectivity index (χ1v) is 9.65. The van der Waals surface area contributed by atoms with Gasteiger partial charge in [-0.1, -0.05) is 18.5 Å². The lowest BCUT2D eigenvalue weighted by Gasteiger charge is -2.18. The number of rotatable bonds is 3. The SMILES string of the molecule is CCc1cc(Cl)cc2c1N=C(N(C)N)C(C)N=C2c1cc(C(F)(F)F)ccc1[N+](=O)[O-]. The number of alkyl halides is 3. The van der Waals surface area contributed by atoms with E-state index in [0.29, 0.717) is 40.2 Å². The fourth-order valence-corrected chi connectivity index (χ4v) is 3.66. The number of hydrazine groups is 1. The van der Waals surface area contributed by atoms with E-state index in [2.05, 4.69) is 9.98 Å². The average Bonchev–Trinajstić information content (AvgIpc) is 2.82. The zero-order valence-corrected chi connectivity index (χ0v) is 17.6. The van der Waals surface area contributed by atoms with E-state index in [0.717, 1.165) is 12.1 Å². The first-order valence-electron chi connectivity index (χ1n) is 9.27. The number of benzene rings is 2. The van der Waals surface area contributed by atoms with Gasteiger partial charge in [-0.25, -0.2) is 10.8 Å². The highest BCUT2D eigenvalue weighted by atomic mass is 35.5. The largest absolute Gasteiger partial charge is 0.416 e. The van der Waals surface area contributed by atoms with E-state index in [9.17, 15) is 23.3 Å². The average molecular weight is 454 g/mol. The van der Waals surface area contributed by atoms with E-state index in [1.165, 1.54) is 11.1 Å². The second-order valence-corrected chi connectivity index (χ2v) is 7.47. The lowest BCUT2D eigenvalue weighted by Crippen LogP contribution is -2.39. The highest BCUT2D eigenvalue weighted by Crippen LogP contribution is 2.38. The molecule has 7 nitrogen and oxygen atoms in total. The summed E-state index contributed by atoms with van der Waals surface area (Å²) >= 11 is 6.26. The van der Waals surface area contributed by atoms with Crippen LogP contribution in [0.15, 0.2) is 40.3 Å². The zero-order chi connectivity index (χ0) is 23.1. The van der Waals surface area contributed by atoms with Gasteiger partial charge in [0, 0.05) is 23.7 Å². The molecule has 3 rings (SSSR count). The highest BCUT2D eigenvalue weighted by Gasteiger charge is 2.35. The maximum absolute atomic E-state index is 13.4. The van der Waals surface area contributed by atoms with Crippen LogP contribution >= 0.6 is 11.6 Å². The van der Waals surface area contributed by atoms with Crippen molar-refractivity contribution in [3.8, 4) is 0 Å². The molecule has 2 aromatic carbocycles. The maximum Gasteiger partial charge on any atom is 0.416 e. The van der Waals surface area contributed by atoms with Crippen LogP contribution in [0.4, 0.5) is 24.5 Å². The number of amidine groups is 1. The predicted molar refractivity (Wildman–Crippen MR) is 113 cm³/mol. The van der Waals surface area contributed by atoms with Crippen LogP contribution in [0.5, 0.6) is 0 Å². The third-order valence-corrected chi connectivity index (χ3v) is 5.07. The van der Waals surface area contributed by atoms with E-state index >= 15 is 0 Å². The molecular formula is C20H19ClF3N5O2. The molecule has 0 fully saturated rings. The Bertz CT molecular complexity index is 1110. The summed E-state index contributed by atoms with van der Waals surface area (Å²) < 4.78 is 40.2. The number of hydrogen-bond acceptors (Lipinski definition) is 6. The summed E-state index contributed by atoms with van der Waals surface area (Å²) in [7, 11) is 1.56. The Labute approximate surface area is 181 Å². The van der Waals surface area contributed by atoms with Crippen molar-refractivity contribution in [3.63, 3.8) is 0 Å². The summed E-state index contributed by atoms with van der Waals surface area (Å²) in [5, 5.41) is 13.2. The van der Waals surface area contributed by atoms with Crippen molar-refractivity contribution >= 4 is 34.5 Å². The molecule has 164 valence electrons. The quantitative estimate of drug-likeness (QED) is 0.406.